The minimum atomic E-state index is 0.277. The first kappa shape index (κ1) is 16.8. The van der Waals surface area contributed by atoms with Crippen molar-refractivity contribution in [3.8, 4) is 11.8 Å². The molecule has 1 aromatic carbocycles. The van der Waals surface area contributed by atoms with Crippen LogP contribution in [0.2, 0.25) is 0 Å². The van der Waals surface area contributed by atoms with Crippen molar-refractivity contribution in [3.63, 3.8) is 0 Å². The molecule has 0 saturated heterocycles. The number of ether oxygens (including phenoxy) is 1. The molecule has 0 amide bonds. The molecule has 2 atom stereocenters. The summed E-state index contributed by atoms with van der Waals surface area (Å²) in [5, 5.41) is 21.6. The summed E-state index contributed by atoms with van der Waals surface area (Å²) in [6.45, 7) is 1.66. The van der Waals surface area contributed by atoms with Gasteiger partial charge in [0.1, 0.15) is 5.75 Å². The largest absolute Gasteiger partial charge is 0.494 e. The average molecular weight is 302 g/mol. The third-order valence-electron chi connectivity index (χ3n) is 4.31. The van der Waals surface area contributed by atoms with Gasteiger partial charge in [-0.2, -0.15) is 5.26 Å². The van der Waals surface area contributed by atoms with Crippen molar-refractivity contribution < 1.29 is 9.84 Å². The third kappa shape index (κ3) is 5.32. The lowest BCUT2D eigenvalue weighted by molar-refractivity contribution is 0.152. The van der Waals surface area contributed by atoms with Gasteiger partial charge in [-0.1, -0.05) is 25.0 Å². The highest BCUT2D eigenvalue weighted by atomic mass is 16.5. The zero-order chi connectivity index (χ0) is 15.6. The first-order valence-electron chi connectivity index (χ1n) is 8.26. The van der Waals surface area contributed by atoms with Gasteiger partial charge < -0.3 is 15.2 Å². The molecule has 4 heteroatoms. The topological polar surface area (TPSA) is 65.3 Å². The molecule has 22 heavy (non-hydrogen) atoms. The number of nitrogens with one attached hydrogen (secondary N) is 1. The van der Waals surface area contributed by atoms with E-state index in [9.17, 15) is 5.11 Å². The summed E-state index contributed by atoms with van der Waals surface area (Å²) in [6.07, 6.45) is 6.04. The summed E-state index contributed by atoms with van der Waals surface area (Å²) in [7, 11) is 0. The molecule has 4 nitrogen and oxygen atoms in total. The summed E-state index contributed by atoms with van der Waals surface area (Å²) in [5.74, 6) is 1.25. The monoisotopic (exact) mass is 302 g/mol. The van der Waals surface area contributed by atoms with Crippen LogP contribution in [0.3, 0.4) is 0 Å². The molecule has 0 heterocycles. The van der Waals surface area contributed by atoms with Crippen molar-refractivity contribution in [2.24, 2.45) is 5.92 Å². The van der Waals surface area contributed by atoms with Gasteiger partial charge in [-0.05, 0) is 42.9 Å². The number of benzene rings is 1. The molecule has 0 radical (unpaired) electrons. The minimum Gasteiger partial charge on any atom is -0.494 e. The van der Waals surface area contributed by atoms with E-state index in [1.807, 2.05) is 12.1 Å². The van der Waals surface area contributed by atoms with E-state index < -0.39 is 0 Å². The summed E-state index contributed by atoms with van der Waals surface area (Å²) in [4.78, 5) is 0. The van der Waals surface area contributed by atoms with Crippen LogP contribution < -0.4 is 10.1 Å². The molecule has 0 bridgehead atoms. The van der Waals surface area contributed by atoms with Gasteiger partial charge in [-0.3, -0.25) is 0 Å². The molecule has 0 aliphatic heterocycles. The van der Waals surface area contributed by atoms with Gasteiger partial charge in [-0.15, -0.1) is 0 Å². The fourth-order valence-corrected chi connectivity index (χ4v) is 3.03. The van der Waals surface area contributed by atoms with Gasteiger partial charge in [0.15, 0.2) is 0 Å². The van der Waals surface area contributed by atoms with E-state index >= 15 is 0 Å². The Kier molecular flexibility index (Phi) is 7.21. The Hall–Kier alpha value is -1.57. The first-order chi connectivity index (χ1) is 10.8. The molecule has 0 spiro atoms. The second kappa shape index (κ2) is 9.45. The molecule has 1 aliphatic carbocycles. The molecule has 2 unspecified atom stereocenters. The van der Waals surface area contributed by atoms with E-state index in [2.05, 4.69) is 23.5 Å². The highest BCUT2D eigenvalue weighted by Crippen LogP contribution is 2.24. The maximum atomic E-state index is 9.46. The molecular formula is C18H26N2O2. The molecule has 1 fully saturated rings. The van der Waals surface area contributed by atoms with Gasteiger partial charge in [0.05, 0.1) is 12.7 Å². The van der Waals surface area contributed by atoms with E-state index in [0.717, 1.165) is 31.6 Å². The van der Waals surface area contributed by atoms with Crippen LogP contribution in [-0.2, 0) is 6.54 Å². The predicted octanol–water partition coefficient (Wildman–Crippen LogP) is 3.01. The number of nitriles is 1. The zero-order valence-electron chi connectivity index (χ0n) is 13.1. The lowest BCUT2D eigenvalue weighted by Crippen LogP contribution is -2.39. The highest BCUT2D eigenvalue weighted by Gasteiger charge is 2.23. The maximum absolute atomic E-state index is 9.46. The lowest BCUT2D eigenvalue weighted by atomic mass is 9.85. The van der Waals surface area contributed by atoms with Crippen molar-refractivity contribution in [1.29, 1.82) is 5.26 Å². The Morgan fingerprint density at radius 1 is 1.32 bits per heavy atom. The second-order valence-electron chi connectivity index (χ2n) is 5.97. The first-order valence-corrected chi connectivity index (χ1v) is 8.26. The number of nitrogens with zero attached hydrogens (tertiary/aromatic N) is 1. The Morgan fingerprint density at radius 2 is 2.18 bits per heavy atom. The fraction of sp³-hybridized carbons (Fsp3) is 0.611. The summed E-state index contributed by atoms with van der Waals surface area (Å²) < 4.78 is 5.66. The van der Waals surface area contributed by atoms with Crippen molar-refractivity contribution in [1.82, 2.24) is 5.32 Å². The van der Waals surface area contributed by atoms with Crippen LogP contribution in [-0.4, -0.2) is 24.4 Å². The minimum absolute atomic E-state index is 0.277. The number of unbranched alkanes of at least 4 members (excludes halogenated alkanes) is 1. The Balaban J connectivity index is 1.81. The van der Waals surface area contributed by atoms with Gasteiger partial charge in [0.25, 0.3) is 0 Å². The normalized spacial score (nSPS) is 21.3. The lowest BCUT2D eigenvalue weighted by Gasteiger charge is -2.31. The van der Waals surface area contributed by atoms with Crippen LogP contribution in [0.25, 0.3) is 0 Å². The number of hydrogen-bond acceptors (Lipinski definition) is 4. The third-order valence-corrected chi connectivity index (χ3v) is 4.31. The maximum Gasteiger partial charge on any atom is 0.119 e. The Morgan fingerprint density at radius 3 is 3.00 bits per heavy atom. The Labute approximate surface area is 133 Å². The molecule has 1 saturated carbocycles. The molecule has 1 aromatic rings. The SMILES string of the molecule is N#CCCCOc1cccc(CNC2CCCCC2CO)c1. The van der Waals surface area contributed by atoms with E-state index in [-0.39, 0.29) is 6.61 Å². The van der Waals surface area contributed by atoms with Gasteiger partial charge in [0.2, 0.25) is 0 Å². The second-order valence-corrected chi connectivity index (χ2v) is 5.97. The van der Waals surface area contributed by atoms with Crippen molar-refractivity contribution >= 4 is 0 Å². The van der Waals surface area contributed by atoms with E-state index in [4.69, 9.17) is 10.00 Å². The summed E-state index contributed by atoms with van der Waals surface area (Å²) in [6, 6.07) is 10.6. The molecular weight excluding hydrogens is 276 g/mol. The highest BCUT2D eigenvalue weighted by molar-refractivity contribution is 5.28. The van der Waals surface area contributed by atoms with E-state index in [1.165, 1.54) is 18.4 Å². The predicted molar refractivity (Wildman–Crippen MR) is 86.5 cm³/mol. The van der Waals surface area contributed by atoms with Gasteiger partial charge >= 0.3 is 0 Å². The van der Waals surface area contributed by atoms with Gasteiger partial charge in [0, 0.05) is 25.6 Å². The number of rotatable bonds is 8. The van der Waals surface area contributed by atoms with E-state index in [0.29, 0.717) is 25.0 Å². The van der Waals surface area contributed by atoms with Gasteiger partial charge in [-0.25, -0.2) is 0 Å². The summed E-state index contributed by atoms with van der Waals surface area (Å²) >= 11 is 0. The van der Waals surface area contributed by atoms with Crippen LogP contribution in [0.4, 0.5) is 0 Å². The quantitative estimate of drug-likeness (QED) is 0.725. The van der Waals surface area contributed by atoms with Crippen molar-refractivity contribution in [2.45, 2.75) is 51.1 Å². The van der Waals surface area contributed by atoms with Crippen LogP contribution in [0.5, 0.6) is 5.75 Å². The number of aliphatic hydroxyl groups is 1. The average Bonchev–Trinajstić information content (AvgIpc) is 2.57. The smallest absolute Gasteiger partial charge is 0.119 e. The van der Waals surface area contributed by atoms with Crippen LogP contribution in [0.1, 0.15) is 44.1 Å². The zero-order valence-corrected chi connectivity index (χ0v) is 13.1. The van der Waals surface area contributed by atoms with Crippen LogP contribution >= 0.6 is 0 Å². The standard InChI is InChI=1S/C18H26N2O2/c19-10-3-4-11-22-17-8-5-6-15(12-17)13-20-18-9-2-1-7-16(18)14-21/h5-6,8,12,16,18,20-21H,1-4,7,9,11,13-14H2. The summed E-state index contributed by atoms with van der Waals surface area (Å²) in [5.41, 5.74) is 1.19. The molecule has 2 rings (SSSR count). The fourth-order valence-electron chi connectivity index (χ4n) is 3.03. The van der Waals surface area contributed by atoms with Crippen LogP contribution in [0.15, 0.2) is 24.3 Å². The van der Waals surface area contributed by atoms with Crippen molar-refractivity contribution in [2.75, 3.05) is 13.2 Å². The molecule has 0 aromatic heterocycles. The molecule has 2 N–H and O–H groups in total. The Bertz CT molecular complexity index is 484. The van der Waals surface area contributed by atoms with E-state index in [1.54, 1.807) is 0 Å². The van der Waals surface area contributed by atoms with Crippen molar-refractivity contribution in [3.05, 3.63) is 29.8 Å². The van der Waals surface area contributed by atoms with Crippen LogP contribution in [0, 0.1) is 17.2 Å². The number of hydrogen-bond donors (Lipinski definition) is 2. The number of aliphatic hydroxyl groups excluding tert-OH is 1. The molecule has 120 valence electrons. The molecule has 1 aliphatic rings.